The number of pyridine rings is 1. The topological polar surface area (TPSA) is 126 Å². The van der Waals surface area contributed by atoms with E-state index in [4.69, 9.17) is 25.9 Å². The number of hydrogen-bond donors (Lipinski definition) is 2. The zero-order valence-corrected chi connectivity index (χ0v) is 27.0. The third-order valence-electron chi connectivity index (χ3n) is 8.51. The van der Waals surface area contributed by atoms with Crippen molar-refractivity contribution in [3.8, 4) is 17.2 Å². The second kappa shape index (κ2) is 14.9. The van der Waals surface area contributed by atoms with Crippen molar-refractivity contribution in [2.45, 2.75) is 58.0 Å². The summed E-state index contributed by atoms with van der Waals surface area (Å²) in [5.41, 5.74) is 5.98. The normalized spacial score (nSPS) is 12.5. The van der Waals surface area contributed by atoms with Crippen molar-refractivity contribution in [3.05, 3.63) is 106 Å². The summed E-state index contributed by atoms with van der Waals surface area (Å²) in [5, 5.41) is 19.8. The molecule has 1 aliphatic carbocycles. The smallest absolute Gasteiger partial charge is 0.356 e. The third-order valence-corrected chi connectivity index (χ3v) is 8.75. The fraction of sp³-hybridized carbons (Fsp3) is 0.297. The standard InChI is InChI=1S/C37H35ClFN3O6/c38-27-12-14-33-30(21-27)41-36(48-33)24-10-8-23(9-11-24)22-47-32-15-13-28(39)19-26(32)16-18-42(17-4-3-7-34(43)44)31-20-25-5-1-2-6-29(25)40-35(31)37(45)46/h8-15,19-21H,1-7,16-18,22H2,(H,43,44)(H,45,46). The number of unbranched alkanes of at least 4 members (excludes halogenated alkanes) is 1. The highest BCUT2D eigenvalue weighted by Gasteiger charge is 2.23. The van der Waals surface area contributed by atoms with E-state index in [0.717, 1.165) is 48.1 Å². The first-order chi connectivity index (χ1) is 23.2. The summed E-state index contributed by atoms with van der Waals surface area (Å²) in [5.74, 6) is -1.40. The van der Waals surface area contributed by atoms with E-state index >= 15 is 0 Å². The fourth-order valence-corrected chi connectivity index (χ4v) is 6.19. The quantitative estimate of drug-likeness (QED) is 0.113. The zero-order chi connectivity index (χ0) is 33.6. The van der Waals surface area contributed by atoms with Gasteiger partial charge in [-0.3, -0.25) is 4.79 Å². The third kappa shape index (κ3) is 7.94. The minimum atomic E-state index is -1.12. The molecule has 2 heterocycles. The lowest BCUT2D eigenvalue weighted by Gasteiger charge is -2.28. The molecule has 48 heavy (non-hydrogen) atoms. The van der Waals surface area contributed by atoms with Gasteiger partial charge in [-0.15, -0.1) is 0 Å². The van der Waals surface area contributed by atoms with E-state index in [9.17, 15) is 19.1 Å². The minimum Gasteiger partial charge on any atom is -0.489 e. The molecule has 0 amide bonds. The Morgan fingerprint density at radius 1 is 0.938 bits per heavy atom. The number of aromatic nitrogens is 2. The van der Waals surface area contributed by atoms with Crippen LogP contribution >= 0.6 is 11.6 Å². The number of aliphatic carboxylic acids is 1. The number of carbonyl (C=O) groups is 2. The van der Waals surface area contributed by atoms with Gasteiger partial charge >= 0.3 is 11.9 Å². The maximum absolute atomic E-state index is 14.5. The van der Waals surface area contributed by atoms with Crippen LogP contribution in [-0.4, -0.2) is 45.2 Å². The van der Waals surface area contributed by atoms with Gasteiger partial charge in [-0.05, 0) is 116 Å². The SMILES string of the molecule is O=C(O)CCCCN(CCc1cc(F)ccc1OCc1ccc(-c2nc3cc(Cl)ccc3o2)cc1)c1cc2c(nc1C(=O)O)CCCC2. The Morgan fingerprint density at radius 2 is 1.75 bits per heavy atom. The number of carboxylic acids is 2. The van der Waals surface area contributed by atoms with Gasteiger partial charge in [0.25, 0.3) is 0 Å². The van der Waals surface area contributed by atoms with Gasteiger partial charge in [-0.2, -0.15) is 0 Å². The lowest BCUT2D eigenvalue weighted by atomic mass is 9.95. The number of fused-ring (bicyclic) bond motifs is 2. The molecule has 0 bridgehead atoms. The Morgan fingerprint density at radius 3 is 2.54 bits per heavy atom. The first kappa shape index (κ1) is 33.0. The van der Waals surface area contributed by atoms with Crippen LogP contribution in [0.25, 0.3) is 22.6 Å². The van der Waals surface area contributed by atoms with Crippen molar-refractivity contribution < 1.29 is 33.3 Å². The molecule has 0 fully saturated rings. The molecule has 0 saturated heterocycles. The Kier molecular flexibility index (Phi) is 10.2. The molecule has 248 valence electrons. The summed E-state index contributed by atoms with van der Waals surface area (Å²) in [4.78, 5) is 34.5. The average molecular weight is 672 g/mol. The van der Waals surface area contributed by atoms with E-state index in [0.29, 0.717) is 71.4 Å². The van der Waals surface area contributed by atoms with Crippen LogP contribution in [0, 0.1) is 5.82 Å². The molecular weight excluding hydrogens is 637 g/mol. The van der Waals surface area contributed by atoms with E-state index in [2.05, 4.69) is 9.97 Å². The number of carboxylic acid groups (broad SMARTS) is 2. The number of aryl methyl sites for hydroxylation is 2. The summed E-state index contributed by atoms with van der Waals surface area (Å²) in [7, 11) is 0. The molecule has 0 spiro atoms. The summed E-state index contributed by atoms with van der Waals surface area (Å²) in [6.07, 6.45) is 4.93. The number of oxazole rings is 1. The highest BCUT2D eigenvalue weighted by Crippen LogP contribution is 2.30. The molecule has 2 aromatic heterocycles. The summed E-state index contributed by atoms with van der Waals surface area (Å²) in [6.45, 7) is 1.02. The molecule has 11 heteroatoms. The molecule has 0 aliphatic heterocycles. The molecule has 6 rings (SSSR count). The molecule has 9 nitrogen and oxygen atoms in total. The van der Waals surface area contributed by atoms with Gasteiger partial charge in [0.05, 0.1) is 5.69 Å². The molecule has 2 N–H and O–H groups in total. The Balaban J connectivity index is 1.18. The minimum absolute atomic E-state index is 0.0188. The van der Waals surface area contributed by atoms with Gasteiger partial charge in [0.2, 0.25) is 5.89 Å². The van der Waals surface area contributed by atoms with Gasteiger partial charge < -0.3 is 24.3 Å². The number of aromatic carboxylic acids is 1. The summed E-state index contributed by atoms with van der Waals surface area (Å²) in [6, 6.07) is 19.2. The van der Waals surface area contributed by atoms with Gasteiger partial charge in [0, 0.05) is 35.8 Å². The Bertz CT molecular complexity index is 1940. The molecule has 0 radical (unpaired) electrons. The van der Waals surface area contributed by atoms with Crippen molar-refractivity contribution in [1.82, 2.24) is 9.97 Å². The number of ether oxygens (including phenoxy) is 1. The van der Waals surface area contributed by atoms with Crippen molar-refractivity contribution in [2.75, 3.05) is 18.0 Å². The maximum Gasteiger partial charge on any atom is 0.356 e. The fourth-order valence-electron chi connectivity index (χ4n) is 6.02. The van der Waals surface area contributed by atoms with Crippen molar-refractivity contribution >= 4 is 40.3 Å². The number of halogens is 2. The van der Waals surface area contributed by atoms with E-state index in [-0.39, 0.29) is 18.7 Å². The lowest BCUT2D eigenvalue weighted by Crippen LogP contribution is -2.30. The summed E-state index contributed by atoms with van der Waals surface area (Å²) < 4.78 is 26.6. The first-order valence-electron chi connectivity index (χ1n) is 16.0. The van der Waals surface area contributed by atoms with Crippen molar-refractivity contribution in [1.29, 1.82) is 0 Å². The predicted octanol–water partition coefficient (Wildman–Crippen LogP) is 8.14. The van der Waals surface area contributed by atoms with Crippen LogP contribution in [0.1, 0.15) is 65.0 Å². The molecule has 1 aliphatic rings. The number of anilines is 1. The second-order valence-corrected chi connectivity index (χ2v) is 12.4. The van der Waals surface area contributed by atoms with Crippen molar-refractivity contribution in [2.24, 2.45) is 0 Å². The lowest BCUT2D eigenvalue weighted by molar-refractivity contribution is -0.137. The number of rotatable bonds is 14. The predicted molar refractivity (Wildman–Crippen MR) is 180 cm³/mol. The molecule has 3 aromatic carbocycles. The Labute approximate surface area is 282 Å². The largest absolute Gasteiger partial charge is 0.489 e. The van der Waals surface area contributed by atoms with Crippen LogP contribution in [0.5, 0.6) is 5.75 Å². The maximum atomic E-state index is 14.5. The summed E-state index contributed by atoms with van der Waals surface area (Å²) >= 11 is 6.08. The molecule has 0 atom stereocenters. The number of nitrogens with zero attached hydrogens (tertiary/aromatic N) is 3. The van der Waals surface area contributed by atoms with Gasteiger partial charge in [-0.1, -0.05) is 23.7 Å². The van der Waals surface area contributed by atoms with Crippen LogP contribution in [-0.2, 0) is 30.7 Å². The second-order valence-electron chi connectivity index (χ2n) is 11.9. The van der Waals surface area contributed by atoms with Gasteiger partial charge in [0.15, 0.2) is 11.3 Å². The monoisotopic (exact) mass is 671 g/mol. The molecular formula is C37H35ClFN3O6. The van der Waals surface area contributed by atoms with Crippen molar-refractivity contribution in [3.63, 3.8) is 0 Å². The number of benzene rings is 3. The molecule has 5 aromatic rings. The highest BCUT2D eigenvalue weighted by molar-refractivity contribution is 6.31. The first-order valence-corrected chi connectivity index (χ1v) is 16.4. The van der Waals surface area contributed by atoms with Crippen LogP contribution in [0.15, 0.2) is 71.1 Å². The Hall–Kier alpha value is -4.96. The van der Waals surface area contributed by atoms with Crippen LogP contribution in [0.2, 0.25) is 5.02 Å². The van der Waals surface area contributed by atoms with E-state index < -0.39 is 17.8 Å². The average Bonchev–Trinajstić information content (AvgIpc) is 3.50. The van der Waals surface area contributed by atoms with E-state index in [1.807, 2.05) is 35.2 Å². The van der Waals surface area contributed by atoms with Crippen LogP contribution < -0.4 is 9.64 Å². The van der Waals surface area contributed by atoms with Gasteiger partial charge in [-0.25, -0.2) is 19.2 Å². The van der Waals surface area contributed by atoms with Gasteiger partial charge in [0.1, 0.15) is 23.7 Å². The number of hydrogen-bond acceptors (Lipinski definition) is 7. The van der Waals surface area contributed by atoms with Crippen LogP contribution in [0.3, 0.4) is 0 Å². The molecule has 0 saturated carbocycles. The van der Waals surface area contributed by atoms with Crippen LogP contribution in [0.4, 0.5) is 10.1 Å². The zero-order valence-electron chi connectivity index (χ0n) is 26.3. The highest BCUT2D eigenvalue weighted by atomic mass is 35.5. The van der Waals surface area contributed by atoms with E-state index in [1.165, 1.54) is 12.1 Å². The van der Waals surface area contributed by atoms with E-state index in [1.54, 1.807) is 24.3 Å². The molecule has 0 unspecified atom stereocenters.